The number of ether oxygens (including phenoxy) is 1. The van der Waals surface area contributed by atoms with Gasteiger partial charge in [0.05, 0.1) is 12.5 Å². The van der Waals surface area contributed by atoms with E-state index in [1.54, 1.807) is 0 Å². The van der Waals surface area contributed by atoms with Crippen molar-refractivity contribution in [1.82, 2.24) is 15.5 Å². The van der Waals surface area contributed by atoms with Gasteiger partial charge in [0.1, 0.15) is 0 Å². The molecule has 100 valence electrons. The second-order valence-electron chi connectivity index (χ2n) is 5.26. The van der Waals surface area contributed by atoms with E-state index in [1.807, 2.05) is 0 Å². The predicted molar refractivity (Wildman–Crippen MR) is 66.3 cm³/mol. The lowest BCUT2D eigenvalue weighted by atomic mass is 10.2. The van der Waals surface area contributed by atoms with Crippen LogP contribution in [0.15, 0.2) is 4.42 Å². The molecule has 1 N–H and O–H groups in total. The van der Waals surface area contributed by atoms with Crippen molar-refractivity contribution in [1.29, 1.82) is 0 Å². The molecule has 2 aliphatic rings. The highest BCUT2D eigenvalue weighted by Crippen LogP contribution is 2.19. The Hall–Kier alpha value is -0.940. The maximum atomic E-state index is 5.64. The van der Waals surface area contributed by atoms with Gasteiger partial charge in [-0.1, -0.05) is 0 Å². The fourth-order valence-corrected chi connectivity index (χ4v) is 2.31. The van der Waals surface area contributed by atoms with Gasteiger partial charge in [0.2, 0.25) is 11.8 Å². The van der Waals surface area contributed by atoms with Gasteiger partial charge in [-0.2, -0.15) is 0 Å². The summed E-state index contributed by atoms with van der Waals surface area (Å²) in [6, 6.07) is 0.780. The molecular formula is C13H21N3O2. The molecule has 1 unspecified atom stereocenters. The van der Waals surface area contributed by atoms with Gasteiger partial charge in [0.15, 0.2) is 0 Å². The molecule has 1 saturated carbocycles. The zero-order valence-electron chi connectivity index (χ0n) is 10.7. The van der Waals surface area contributed by atoms with Gasteiger partial charge in [-0.25, -0.2) is 0 Å². The van der Waals surface area contributed by atoms with E-state index in [-0.39, 0.29) is 6.10 Å². The maximum absolute atomic E-state index is 5.64. The molecule has 1 aliphatic carbocycles. The molecule has 5 heteroatoms. The summed E-state index contributed by atoms with van der Waals surface area (Å²) in [7, 11) is 0. The number of nitrogens with one attached hydrogen (secondary N) is 1. The molecule has 1 aromatic heterocycles. The standard InChI is InChI=1S/C13H21N3O2/c1(7-14-10-5-6-10)4-12-15-16-13(18-12)9-11-3-2-8-17-11/h10-11,14H,1-9H2. The Balaban J connectivity index is 1.37. The normalized spacial score (nSPS) is 23.7. The van der Waals surface area contributed by atoms with Gasteiger partial charge in [0.25, 0.3) is 0 Å². The number of hydrogen-bond acceptors (Lipinski definition) is 5. The molecule has 5 nitrogen and oxygen atoms in total. The summed E-state index contributed by atoms with van der Waals surface area (Å²) in [6.45, 7) is 1.92. The summed E-state index contributed by atoms with van der Waals surface area (Å²) in [4.78, 5) is 0. The maximum Gasteiger partial charge on any atom is 0.219 e. The van der Waals surface area contributed by atoms with E-state index in [4.69, 9.17) is 9.15 Å². The number of hydrogen-bond donors (Lipinski definition) is 1. The Bertz CT molecular complexity index is 370. The Kier molecular flexibility index (Phi) is 3.90. The van der Waals surface area contributed by atoms with Gasteiger partial charge in [-0.3, -0.25) is 0 Å². The van der Waals surface area contributed by atoms with Crippen LogP contribution < -0.4 is 5.32 Å². The van der Waals surface area contributed by atoms with Crippen molar-refractivity contribution in [3.05, 3.63) is 11.8 Å². The molecule has 0 bridgehead atoms. The number of aromatic nitrogens is 2. The summed E-state index contributed by atoms with van der Waals surface area (Å²) in [5.41, 5.74) is 0. The first-order valence-corrected chi connectivity index (χ1v) is 7.06. The van der Waals surface area contributed by atoms with E-state index in [0.29, 0.717) is 0 Å². The van der Waals surface area contributed by atoms with Crippen LogP contribution in [0, 0.1) is 0 Å². The molecule has 0 aromatic carbocycles. The van der Waals surface area contributed by atoms with Crippen molar-refractivity contribution >= 4 is 0 Å². The number of aryl methyl sites for hydroxylation is 1. The van der Waals surface area contributed by atoms with Crippen molar-refractivity contribution in [3.63, 3.8) is 0 Å². The highest BCUT2D eigenvalue weighted by atomic mass is 16.5. The van der Waals surface area contributed by atoms with Crippen molar-refractivity contribution in [2.75, 3.05) is 13.2 Å². The fourth-order valence-electron chi connectivity index (χ4n) is 2.31. The zero-order valence-corrected chi connectivity index (χ0v) is 10.7. The van der Waals surface area contributed by atoms with Crippen LogP contribution in [-0.4, -0.2) is 35.5 Å². The quantitative estimate of drug-likeness (QED) is 0.744. The lowest BCUT2D eigenvalue weighted by molar-refractivity contribution is 0.105. The van der Waals surface area contributed by atoms with Crippen LogP contribution >= 0.6 is 0 Å². The summed E-state index contributed by atoms with van der Waals surface area (Å²) in [6.07, 6.45) is 7.94. The highest BCUT2D eigenvalue weighted by Gasteiger charge is 2.20. The van der Waals surface area contributed by atoms with E-state index in [1.165, 1.54) is 12.8 Å². The summed E-state index contributed by atoms with van der Waals surface area (Å²) < 4.78 is 11.2. The Morgan fingerprint density at radius 3 is 2.83 bits per heavy atom. The van der Waals surface area contributed by atoms with E-state index in [0.717, 1.165) is 63.1 Å². The minimum Gasteiger partial charge on any atom is -0.425 e. The monoisotopic (exact) mass is 251 g/mol. The van der Waals surface area contributed by atoms with Crippen LogP contribution in [0.2, 0.25) is 0 Å². The molecule has 1 saturated heterocycles. The van der Waals surface area contributed by atoms with Crippen molar-refractivity contribution in [3.8, 4) is 0 Å². The number of rotatable bonds is 7. The summed E-state index contributed by atoms with van der Waals surface area (Å²) in [5, 5.41) is 11.7. The topological polar surface area (TPSA) is 60.2 Å². The van der Waals surface area contributed by atoms with Crippen molar-refractivity contribution in [2.45, 2.75) is 57.1 Å². The van der Waals surface area contributed by atoms with Crippen molar-refractivity contribution < 1.29 is 9.15 Å². The smallest absolute Gasteiger partial charge is 0.219 e. The van der Waals surface area contributed by atoms with Crippen LogP contribution in [0.25, 0.3) is 0 Å². The van der Waals surface area contributed by atoms with E-state index in [9.17, 15) is 0 Å². The molecule has 1 aliphatic heterocycles. The first kappa shape index (κ1) is 12.1. The minimum atomic E-state index is 0.287. The zero-order chi connectivity index (χ0) is 12.2. The predicted octanol–water partition coefficient (Wildman–Crippen LogP) is 1.48. The van der Waals surface area contributed by atoms with Gasteiger partial charge < -0.3 is 14.5 Å². The van der Waals surface area contributed by atoms with Crippen LogP contribution in [0.4, 0.5) is 0 Å². The third-order valence-electron chi connectivity index (χ3n) is 3.51. The van der Waals surface area contributed by atoms with Gasteiger partial charge in [0, 0.05) is 19.1 Å². The van der Waals surface area contributed by atoms with Crippen molar-refractivity contribution in [2.24, 2.45) is 0 Å². The van der Waals surface area contributed by atoms with E-state index >= 15 is 0 Å². The number of nitrogens with zero attached hydrogens (tertiary/aromatic N) is 2. The molecule has 2 fully saturated rings. The van der Waals surface area contributed by atoms with Crippen LogP contribution in [0.5, 0.6) is 0 Å². The third kappa shape index (κ3) is 3.53. The Morgan fingerprint density at radius 1 is 1.17 bits per heavy atom. The first-order valence-electron chi connectivity index (χ1n) is 7.06. The molecule has 18 heavy (non-hydrogen) atoms. The lowest BCUT2D eigenvalue weighted by Gasteiger charge is -2.04. The molecule has 0 spiro atoms. The van der Waals surface area contributed by atoms with Gasteiger partial charge >= 0.3 is 0 Å². The summed E-state index contributed by atoms with van der Waals surface area (Å²) >= 11 is 0. The molecule has 2 heterocycles. The van der Waals surface area contributed by atoms with Crippen LogP contribution in [0.1, 0.15) is 43.9 Å². The van der Waals surface area contributed by atoms with Gasteiger partial charge in [-0.05, 0) is 38.6 Å². The molecular weight excluding hydrogens is 230 g/mol. The van der Waals surface area contributed by atoms with Crippen LogP contribution in [0.3, 0.4) is 0 Å². The molecule has 0 radical (unpaired) electrons. The Labute approximate surface area is 107 Å². The molecule has 1 atom stereocenters. The average Bonchev–Trinajstić information content (AvgIpc) is 2.88. The summed E-state index contributed by atoms with van der Waals surface area (Å²) in [5.74, 6) is 1.49. The largest absolute Gasteiger partial charge is 0.425 e. The lowest BCUT2D eigenvalue weighted by Crippen LogP contribution is -2.17. The first-order chi connectivity index (χ1) is 8.90. The minimum absolute atomic E-state index is 0.287. The van der Waals surface area contributed by atoms with E-state index in [2.05, 4.69) is 15.5 Å². The molecule has 3 rings (SSSR count). The SMILES string of the molecule is C(CNC1CC1)Cc1nnc(CC2CCCO2)o1. The van der Waals surface area contributed by atoms with E-state index < -0.39 is 0 Å². The molecule has 0 amide bonds. The highest BCUT2D eigenvalue weighted by molar-refractivity contribution is 4.87. The fraction of sp³-hybridized carbons (Fsp3) is 0.846. The molecule has 1 aromatic rings. The second kappa shape index (κ2) is 5.80. The van der Waals surface area contributed by atoms with Crippen LogP contribution in [-0.2, 0) is 17.6 Å². The Morgan fingerprint density at radius 2 is 2.06 bits per heavy atom. The third-order valence-corrected chi connectivity index (χ3v) is 3.51. The second-order valence-corrected chi connectivity index (χ2v) is 5.26. The van der Waals surface area contributed by atoms with Gasteiger partial charge in [-0.15, -0.1) is 10.2 Å². The average molecular weight is 251 g/mol.